The van der Waals surface area contributed by atoms with Crippen molar-refractivity contribution < 1.29 is 19.0 Å². The number of fused-ring (bicyclic) bond motifs is 2. The predicted octanol–water partition coefficient (Wildman–Crippen LogP) is 3.77. The van der Waals surface area contributed by atoms with Gasteiger partial charge in [0, 0.05) is 23.6 Å². The normalized spacial score (nSPS) is 16.0. The van der Waals surface area contributed by atoms with Crippen molar-refractivity contribution >= 4 is 22.7 Å². The lowest BCUT2D eigenvalue weighted by atomic mass is 10.1. The molecule has 1 aliphatic heterocycles. The average Bonchev–Trinajstić information content (AvgIpc) is 3.09. The van der Waals surface area contributed by atoms with Crippen LogP contribution in [0.25, 0.3) is 10.9 Å². The first-order valence-corrected chi connectivity index (χ1v) is 9.34. The quantitative estimate of drug-likeness (QED) is 0.566. The highest BCUT2D eigenvalue weighted by Gasteiger charge is 2.29. The number of rotatable bonds is 6. The molecule has 0 radical (unpaired) electrons. The van der Waals surface area contributed by atoms with Gasteiger partial charge in [-0.3, -0.25) is 4.90 Å². The van der Waals surface area contributed by atoms with Crippen LogP contribution in [-0.4, -0.2) is 41.9 Å². The molecule has 7 heteroatoms. The van der Waals surface area contributed by atoms with Gasteiger partial charge in [0.15, 0.2) is 0 Å². The summed E-state index contributed by atoms with van der Waals surface area (Å²) in [6.07, 6.45) is 2.41. The van der Waals surface area contributed by atoms with Gasteiger partial charge in [0.05, 0.1) is 12.2 Å². The highest BCUT2D eigenvalue weighted by atomic mass is 19.1. The van der Waals surface area contributed by atoms with Crippen molar-refractivity contribution in [3.8, 4) is 5.75 Å². The molecule has 28 heavy (non-hydrogen) atoms. The van der Waals surface area contributed by atoms with Gasteiger partial charge < -0.3 is 20.1 Å². The van der Waals surface area contributed by atoms with E-state index in [1.807, 2.05) is 12.3 Å². The number of H-pyrrole nitrogens is 1. The number of aromatic nitrogens is 1. The fraction of sp³-hybridized carbons (Fsp3) is 0.286. The van der Waals surface area contributed by atoms with Crippen molar-refractivity contribution in [2.24, 2.45) is 0 Å². The largest absolute Gasteiger partial charge is 0.485 e. The maximum absolute atomic E-state index is 13.5. The zero-order chi connectivity index (χ0) is 19.5. The second kappa shape index (κ2) is 7.90. The Labute approximate surface area is 161 Å². The molecule has 6 nitrogen and oxygen atoms in total. The fourth-order valence-corrected chi connectivity index (χ4v) is 3.61. The van der Waals surface area contributed by atoms with Crippen LogP contribution in [0.15, 0.2) is 48.7 Å². The number of benzene rings is 2. The number of carboxylic acid groups (broad SMARTS) is 1. The van der Waals surface area contributed by atoms with Gasteiger partial charge >= 0.3 is 6.09 Å². The van der Waals surface area contributed by atoms with Gasteiger partial charge in [-0.05, 0) is 55.3 Å². The summed E-state index contributed by atoms with van der Waals surface area (Å²) in [4.78, 5) is 16.0. The van der Waals surface area contributed by atoms with E-state index in [0.717, 1.165) is 35.9 Å². The lowest BCUT2D eigenvalue weighted by molar-refractivity contribution is 0.171. The van der Waals surface area contributed by atoms with Crippen molar-refractivity contribution in [2.75, 3.05) is 24.5 Å². The Balaban J connectivity index is 1.28. The number of aromatic amines is 1. The third-order valence-electron chi connectivity index (χ3n) is 4.97. The summed E-state index contributed by atoms with van der Waals surface area (Å²) in [7, 11) is 0. The van der Waals surface area contributed by atoms with Crippen molar-refractivity contribution in [2.45, 2.75) is 18.9 Å². The van der Waals surface area contributed by atoms with E-state index in [0.29, 0.717) is 24.5 Å². The molecule has 2 aromatic carbocycles. The van der Waals surface area contributed by atoms with Crippen LogP contribution in [0.5, 0.6) is 5.75 Å². The highest BCUT2D eigenvalue weighted by Crippen LogP contribution is 2.32. The number of nitrogens with zero attached hydrogens (tertiary/aromatic N) is 1. The summed E-state index contributed by atoms with van der Waals surface area (Å²) in [6, 6.07) is 11.9. The second-order valence-corrected chi connectivity index (χ2v) is 6.91. The minimum absolute atomic E-state index is 0.232. The minimum atomic E-state index is -0.979. The number of carbonyl (C=O) groups is 1. The molecule has 146 valence electrons. The summed E-state index contributed by atoms with van der Waals surface area (Å²) >= 11 is 0. The van der Waals surface area contributed by atoms with Crippen molar-refractivity contribution in [1.29, 1.82) is 0 Å². The standard InChI is InChI=1S/C21H22FN3O3/c22-15-7-8-18-17(10-15)14(11-24-18)4-3-9-23-12-16-13-25(21(26)27)19-5-1-2-6-20(19)28-16/h1-2,5-8,10-11,16,23-24H,3-4,9,12-13H2,(H,26,27). The first-order valence-electron chi connectivity index (χ1n) is 9.34. The molecule has 1 aliphatic rings. The molecule has 0 aliphatic carbocycles. The number of para-hydroxylation sites is 2. The van der Waals surface area contributed by atoms with E-state index in [1.54, 1.807) is 30.3 Å². The number of aryl methyl sites for hydroxylation is 1. The Morgan fingerprint density at radius 2 is 2.18 bits per heavy atom. The SMILES string of the molecule is O=C(O)N1CC(CNCCCc2c[nH]c3ccc(F)cc23)Oc2ccccc21. The number of hydrogen-bond acceptors (Lipinski definition) is 3. The van der Waals surface area contributed by atoms with E-state index >= 15 is 0 Å². The Morgan fingerprint density at radius 3 is 3.04 bits per heavy atom. The monoisotopic (exact) mass is 383 g/mol. The van der Waals surface area contributed by atoms with Gasteiger partial charge in [0.2, 0.25) is 0 Å². The van der Waals surface area contributed by atoms with Crippen LogP contribution in [0.1, 0.15) is 12.0 Å². The fourth-order valence-electron chi connectivity index (χ4n) is 3.61. The average molecular weight is 383 g/mol. The molecule has 0 fully saturated rings. The van der Waals surface area contributed by atoms with Crippen molar-refractivity contribution in [1.82, 2.24) is 10.3 Å². The van der Waals surface area contributed by atoms with E-state index in [1.165, 1.54) is 11.0 Å². The van der Waals surface area contributed by atoms with E-state index < -0.39 is 6.09 Å². The molecule has 4 rings (SSSR count). The van der Waals surface area contributed by atoms with Crippen LogP contribution < -0.4 is 15.0 Å². The molecule has 2 heterocycles. The topological polar surface area (TPSA) is 77.6 Å². The molecule has 0 saturated heterocycles. The molecular formula is C21H22FN3O3. The smallest absolute Gasteiger partial charge is 0.412 e. The Kier molecular flexibility index (Phi) is 5.16. The van der Waals surface area contributed by atoms with E-state index in [4.69, 9.17) is 4.74 Å². The molecular weight excluding hydrogens is 361 g/mol. The molecule has 1 aromatic heterocycles. The summed E-state index contributed by atoms with van der Waals surface area (Å²) in [5, 5.41) is 13.7. The number of ether oxygens (including phenoxy) is 1. The Morgan fingerprint density at radius 1 is 1.32 bits per heavy atom. The number of anilines is 1. The summed E-state index contributed by atoms with van der Waals surface area (Å²) in [5.74, 6) is 0.355. The zero-order valence-electron chi connectivity index (χ0n) is 15.3. The maximum atomic E-state index is 13.5. The summed E-state index contributed by atoms with van der Waals surface area (Å²) < 4.78 is 19.4. The molecule has 1 atom stereocenters. The van der Waals surface area contributed by atoms with Crippen LogP contribution in [-0.2, 0) is 6.42 Å². The Bertz CT molecular complexity index is 988. The van der Waals surface area contributed by atoms with Gasteiger partial charge in [0.25, 0.3) is 0 Å². The molecule has 0 bridgehead atoms. The minimum Gasteiger partial charge on any atom is -0.485 e. The number of nitrogens with one attached hydrogen (secondary N) is 2. The highest BCUT2D eigenvalue weighted by molar-refractivity contribution is 5.88. The molecule has 0 spiro atoms. The summed E-state index contributed by atoms with van der Waals surface area (Å²) in [5.41, 5.74) is 2.61. The second-order valence-electron chi connectivity index (χ2n) is 6.91. The number of amides is 1. The first kappa shape index (κ1) is 18.3. The summed E-state index contributed by atoms with van der Waals surface area (Å²) in [6.45, 7) is 1.61. The van der Waals surface area contributed by atoms with E-state index in [9.17, 15) is 14.3 Å². The molecule has 1 amide bonds. The molecule has 3 aromatic rings. The van der Waals surface area contributed by atoms with Crippen LogP contribution in [0.3, 0.4) is 0 Å². The van der Waals surface area contributed by atoms with Gasteiger partial charge in [-0.2, -0.15) is 0 Å². The third-order valence-corrected chi connectivity index (χ3v) is 4.97. The van der Waals surface area contributed by atoms with Crippen LogP contribution in [0.4, 0.5) is 14.9 Å². The van der Waals surface area contributed by atoms with Gasteiger partial charge in [-0.15, -0.1) is 0 Å². The van der Waals surface area contributed by atoms with E-state index in [2.05, 4.69) is 10.3 Å². The van der Waals surface area contributed by atoms with Gasteiger partial charge in [-0.1, -0.05) is 12.1 Å². The predicted molar refractivity (Wildman–Crippen MR) is 106 cm³/mol. The zero-order valence-corrected chi connectivity index (χ0v) is 15.3. The van der Waals surface area contributed by atoms with E-state index in [-0.39, 0.29) is 11.9 Å². The molecule has 0 saturated carbocycles. The Hall–Kier alpha value is -3.06. The van der Waals surface area contributed by atoms with Gasteiger partial charge in [0.1, 0.15) is 17.7 Å². The first-order chi connectivity index (χ1) is 13.6. The molecule has 3 N–H and O–H groups in total. The number of hydrogen-bond donors (Lipinski definition) is 3. The van der Waals surface area contributed by atoms with Crippen LogP contribution >= 0.6 is 0 Å². The lowest BCUT2D eigenvalue weighted by Crippen LogP contribution is -2.47. The van der Waals surface area contributed by atoms with Crippen LogP contribution in [0.2, 0.25) is 0 Å². The maximum Gasteiger partial charge on any atom is 0.412 e. The van der Waals surface area contributed by atoms with Crippen molar-refractivity contribution in [3.05, 3.63) is 60.0 Å². The van der Waals surface area contributed by atoms with Gasteiger partial charge in [-0.25, -0.2) is 9.18 Å². The van der Waals surface area contributed by atoms with Crippen molar-refractivity contribution in [3.63, 3.8) is 0 Å². The lowest BCUT2D eigenvalue weighted by Gasteiger charge is -2.33. The number of halogens is 1. The molecule has 1 unspecified atom stereocenters. The van der Waals surface area contributed by atoms with Crippen LogP contribution in [0, 0.1) is 5.82 Å². The third kappa shape index (κ3) is 3.80.